The summed E-state index contributed by atoms with van der Waals surface area (Å²) in [5.41, 5.74) is 1.21. The summed E-state index contributed by atoms with van der Waals surface area (Å²) in [7, 11) is 0. The number of amides is 1. The van der Waals surface area contributed by atoms with Gasteiger partial charge in [-0.3, -0.25) is 24.8 Å². The third-order valence-corrected chi connectivity index (χ3v) is 5.23. The average molecular weight is 402 g/mol. The van der Waals surface area contributed by atoms with E-state index in [4.69, 9.17) is 11.6 Å². The first-order valence-corrected chi connectivity index (χ1v) is 9.53. The van der Waals surface area contributed by atoms with Gasteiger partial charge in [-0.1, -0.05) is 35.5 Å². The molecular weight excluding hydrogens is 386 g/mol. The van der Waals surface area contributed by atoms with Crippen LogP contribution in [0, 0.1) is 10.1 Å². The van der Waals surface area contributed by atoms with Crippen LogP contribution in [0.4, 0.5) is 11.4 Å². The molecule has 0 bridgehead atoms. The molecule has 0 saturated carbocycles. The second-order valence-corrected chi connectivity index (χ2v) is 7.33. The molecule has 1 amide bonds. The summed E-state index contributed by atoms with van der Waals surface area (Å²) in [6, 6.07) is 13.2. The summed E-state index contributed by atoms with van der Waals surface area (Å²) in [4.78, 5) is 29.4. The van der Waals surface area contributed by atoms with E-state index in [0.717, 1.165) is 5.75 Å². The van der Waals surface area contributed by atoms with Crippen molar-refractivity contribution in [3.8, 4) is 0 Å². The minimum atomic E-state index is -0.468. The van der Waals surface area contributed by atoms with Crippen molar-refractivity contribution < 1.29 is 9.72 Å². The molecule has 1 heterocycles. The molecule has 0 radical (unpaired) electrons. The number of amidine groups is 1. The zero-order chi connectivity index (χ0) is 19.4. The Hall–Kier alpha value is -2.64. The lowest BCUT2D eigenvalue weighted by Crippen LogP contribution is -2.33. The zero-order valence-corrected chi connectivity index (χ0v) is 16.0. The van der Waals surface area contributed by atoms with Gasteiger partial charge < -0.3 is 0 Å². The van der Waals surface area contributed by atoms with E-state index in [2.05, 4.69) is 4.99 Å². The van der Waals surface area contributed by atoms with E-state index in [1.807, 2.05) is 6.92 Å². The van der Waals surface area contributed by atoms with Gasteiger partial charge in [0.1, 0.15) is 0 Å². The number of thioether (sulfide) groups is 1. The van der Waals surface area contributed by atoms with E-state index >= 15 is 0 Å². The van der Waals surface area contributed by atoms with Crippen molar-refractivity contribution in [3.63, 3.8) is 0 Å². The van der Waals surface area contributed by atoms with E-state index in [0.29, 0.717) is 21.4 Å². The van der Waals surface area contributed by atoms with Crippen LogP contribution < -0.4 is 4.90 Å². The highest BCUT2D eigenvalue weighted by molar-refractivity contribution is 8.14. The van der Waals surface area contributed by atoms with Gasteiger partial charge in [0.25, 0.3) is 11.6 Å². The average Bonchev–Trinajstić information content (AvgIpc) is 3.08. The summed E-state index contributed by atoms with van der Waals surface area (Å²) in [5, 5.41) is 12.1. The van der Waals surface area contributed by atoms with Gasteiger partial charge in [-0.25, -0.2) is 0 Å². The van der Waals surface area contributed by atoms with E-state index in [1.54, 1.807) is 42.5 Å². The monoisotopic (exact) mass is 401 g/mol. The minimum absolute atomic E-state index is 0.0243. The van der Waals surface area contributed by atoms with Crippen molar-refractivity contribution in [2.24, 2.45) is 4.99 Å². The summed E-state index contributed by atoms with van der Waals surface area (Å²) >= 11 is 7.47. The molecule has 1 aliphatic heterocycles. The molecule has 3 rings (SSSR count). The molecule has 8 heteroatoms. The number of hydrogen-bond acceptors (Lipinski definition) is 5. The number of carbonyl (C=O) groups excluding carboxylic acids is 1. The van der Waals surface area contributed by atoms with Gasteiger partial charge in [0.2, 0.25) is 0 Å². The Morgan fingerprint density at radius 2 is 2.07 bits per heavy atom. The van der Waals surface area contributed by atoms with Crippen LogP contribution in [0.3, 0.4) is 0 Å². The number of aliphatic imine (C=N–C) groups is 1. The minimum Gasteiger partial charge on any atom is -0.269 e. The molecule has 0 spiro atoms. The van der Waals surface area contributed by atoms with Gasteiger partial charge in [-0.15, -0.1) is 0 Å². The molecule has 0 aliphatic carbocycles. The molecule has 0 fully saturated rings. The highest BCUT2D eigenvalue weighted by Gasteiger charge is 2.25. The van der Waals surface area contributed by atoms with Crippen molar-refractivity contribution in [3.05, 3.63) is 75.3 Å². The third kappa shape index (κ3) is 4.75. The van der Waals surface area contributed by atoms with Gasteiger partial charge in [-0.2, -0.15) is 0 Å². The fourth-order valence-electron chi connectivity index (χ4n) is 2.49. The number of nitro benzene ring substituents is 1. The number of anilines is 1. The maximum absolute atomic E-state index is 12.9. The van der Waals surface area contributed by atoms with Crippen LogP contribution in [0.5, 0.6) is 0 Å². The molecular formula is C19H16ClN3O3S. The highest BCUT2D eigenvalue weighted by Crippen LogP contribution is 2.27. The maximum atomic E-state index is 12.9. The molecule has 2 aromatic carbocycles. The van der Waals surface area contributed by atoms with Gasteiger partial charge in [0, 0.05) is 29.0 Å². The third-order valence-electron chi connectivity index (χ3n) is 3.78. The quantitative estimate of drug-likeness (QED) is 0.419. The number of nitrogens with zero attached hydrogens (tertiary/aromatic N) is 3. The fourth-order valence-corrected chi connectivity index (χ4v) is 3.66. The Bertz CT molecular complexity index is 928. The molecule has 138 valence electrons. The Morgan fingerprint density at radius 1 is 1.33 bits per heavy atom. The van der Waals surface area contributed by atoms with Crippen molar-refractivity contribution in [2.75, 3.05) is 10.7 Å². The number of non-ortho nitro benzene ring substituents is 1. The Morgan fingerprint density at radius 3 is 2.70 bits per heavy atom. The van der Waals surface area contributed by atoms with Gasteiger partial charge in [-0.05, 0) is 42.8 Å². The van der Waals surface area contributed by atoms with E-state index in [-0.39, 0.29) is 17.6 Å². The van der Waals surface area contributed by atoms with Crippen molar-refractivity contribution >= 4 is 51.9 Å². The number of carbonyl (C=O) groups is 1. The molecule has 2 aromatic rings. The number of nitro groups is 1. The number of hydrogen-bond donors (Lipinski definition) is 0. The summed E-state index contributed by atoms with van der Waals surface area (Å²) in [6.45, 7) is 1.99. The van der Waals surface area contributed by atoms with Crippen LogP contribution in [-0.4, -0.2) is 27.8 Å². The first-order chi connectivity index (χ1) is 12.9. The van der Waals surface area contributed by atoms with E-state index in [9.17, 15) is 14.9 Å². The standard InChI is InChI=1S/C19H16ClN3O3S/c1-13-12-27-19(21-13)22(16-8-6-15(20)7-9-16)18(24)10-5-14-3-2-4-17(11-14)23(25)26/h2-11,13H,12H2,1H3/b10-5+/t13-/m0/s1. The molecule has 0 saturated heterocycles. The molecule has 0 unspecified atom stereocenters. The van der Waals surface area contributed by atoms with Crippen LogP contribution in [-0.2, 0) is 4.79 Å². The second kappa shape index (κ2) is 8.37. The largest absolute Gasteiger partial charge is 0.270 e. The topological polar surface area (TPSA) is 75.8 Å². The number of halogens is 1. The van der Waals surface area contributed by atoms with Crippen LogP contribution in [0.1, 0.15) is 12.5 Å². The number of benzene rings is 2. The lowest BCUT2D eigenvalue weighted by atomic mass is 10.2. The first kappa shape index (κ1) is 19.1. The Balaban J connectivity index is 1.89. The van der Waals surface area contributed by atoms with E-state index in [1.165, 1.54) is 34.9 Å². The second-order valence-electron chi connectivity index (χ2n) is 5.91. The van der Waals surface area contributed by atoms with Gasteiger partial charge in [0.15, 0.2) is 5.17 Å². The van der Waals surface area contributed by atoms with Crippen LogP contribution in [0.2, 0.25) is 5.02 Å². The van der Waals surface area contributed by atoms with Crippen molar-refractivity contribution in [1.82, 2.24) is 0 Å². The van der Waals surface area contributed by atoms with Crippen LogP contribution in [0.25, 0.3) is 6.08 Å². The van der Waals surface area contributed by atoms with Crippen molar-refractivity contribution in [2.45, 2.75) is 13.0 Å². The first-order valence-electron chi connectivity index (χ1n) is 8.17. The predicted molar refractivity (Wildman–Crippen MR) is 110 cm³/mol. The smallest absolute Gasteiger partial charge is 0.269 e. The summed E-state index contributed by atoms with van der Waals surface area (Å²) < 4.78 is 0. The van der Waals surface area contributed by atoms with Crippen molar-refractivity contribution in [1.29, 1.82) is 0 Å². The van der Waals surface area contributed by atoms with E-state index < -0.39 is 4.92 Å². The SMILES string of the molecule is C[C@H]1CSC(N(C(=O)/C=C/c2cccc([N+](=O)[O-])c2)c2ccc(Cl)cc2)=N1. The van der Waals surface area contributed by atoms with Gasteiger partial charge in [0.05, 0.1) is 16.7 Å². The molecule has 6 nitrogen and oxygen atoms in total. The Kier molecular flexibility index (Phi) is 5.93. The fraction of sp³-hybridized carbons (Fsp3) is 0.158. The van der Waals surface area contributed by atoms with Crippen LogP contribution >= 0.6 is 23.4 Å². The molecule has 0 aromatic heterocycles. The predicted octanol–water partition coefficient (Wildman–Crippen LogP) is 4.79. The van der Waals surface area contributed by atoms with Gasteiger partial charge >= 0.3 is 0 Å². The van der Waals surface area contributed by atoms with Crippen LogP contribution in [0.15, 0.2) is 59.6 Å². The normalized spacial score (nSPS) is 16.4. The number of rotatable bonds is 4. The molecule has 1 aliphatic rings. The highest BCUT2D eigenvalue weighted by atomic mass is 35.5. The molecule has 1 atom stereocenters. The molecule has 27 heavy (non-hydrogen) atoms. The zero-order valence-electron chi connectivity index (χ0n) is 14.4. The lowest BCUT2D eigenvalue weighted by Gasteiger charge is -2.20. The summed E-state index contributed by atoms with van der Waals surface area (Å²) in [5.74, 6) is 0.519. The lowest BCUT2D eigenvalue weighted by molar-refractivity contribution is -0.384. The molecule has 0 N–H and O–H groups in total. The summed E-state index contributed by atoms with van der Waals surface area (Å²) in [6.07, 6.45) is 2.95. The Labute approximate surface area is 165 Å². The maximum Gasteiger partial charge on any atom is 0.270 e.